The summed E-state index contributed by atoms with van der Waals surface area (Å²) >= 11 is 1.42. The van der Waals surface area contributed by atoms with E-state index in [1.54, 1.807) is 0 Å². The molecule has 0 atom stereocenters. The molecule has 0 aliphatic carbocycles. The largest absolute Gasteiger partial charge is 0.0683 e. The SMILES string of the molecule is C.C.C.C.C.C#CC(C=[CH-])=C[C](C)=[W].CC. The van der Waals surface area contributed by atoms with Crippen molar-refractivity contribution in [2.75, 3.05) is 0 Å². The quantitative estimate of drug-likeness (QED) is 0.329. The van der Waals surface area contributed by atoms with Crippen molar-refractivity contribution in [2.45, 2.75) is 57.9 Å². The normalized spacial score (nSPS) is 6.00. The van der Waals surface area contributed by atoms with Gasteiger partial charge in [-0.15, -0.1) is 0 Å². The first-order valence-electron chi connectivity index (χ1n) is 3.44. The maximum absolute atomic E-state index is 5.19. The minimum atomic E-state index is 0. The Kier molecular flexibility index (Phi) is 103. The van der Waals surface area contributed by atoms with Gasteiger partial charge in [0.15, 0.2) is 0 Å². The molecule has 0 fully saturated rings. The van der Waals surface area contributed by atoms with Gasteiger partial charge in [0.2, 0.25) is 0 Å². The van der Waals surface area contributed by atoms with E-state index in [1.165, 1.54) is 29.3 Å². The molecule has 0 spiro atoms. The number of allylic oxidation sites excluding steroid dienone is 3. The predicted molar refractivity (Wildman–Crippen MR) is 81.5 cm³/mol. The zero-order valence-electron chi connectivity index (χ0n) is 7.22. The maximum atomic E-state index is 5.19. The average Bonchev–Trinajstić information content (AvgIpc) is 2.03. The Hall–Kier alpha value is -0.402. The second-order valence-corrected chi connectivity index (χ2v) is 3.83. The van der Waals surface area contributed by atoms with Gasteiger partial charge < -0.3 is 0 Å². The molecule has 16 heavy (non-hydrogen) atoms. The fourth-order valence-corrected chi connectivity index (χ4v) is 0.813. The standard InChI is InChI=1S/C8H7.C2H6.5CH4.W/c1-4-7-8(5-2)6-3;1-2;;;;;;/h2-3,5,7H,1H3;1-2H3;5*1H4;/q-1;;;;;;;. The van der Waals surface area contributed by atoms with E-state index < -0.39 is 0 Å². The fraction of sp³-hybridized carbons (Fsp3) is 0.533. The van der Waals surface area contributed by atoms with Crippen molar-refractivity contribution in [2.24, 2.45) is 0 Å². The second kappa shape index (κ2) is 36.5. The van der Waals surface area contributed by atoms with Crippen LogP contribution in [0.3, 0.4) is 0 Å². The molecule has 1 heteroatoms. The molecular weight excluding hydrogens is 364 g/mol. The first kappa shape index (κ1) is 45.0. The van der Waals surface area contributed by atoms with Crippen molar-refractivity contribution in [1.29, 1.82) is 0 Å². The Morgan fingerprint density at radius 1 is 1.12 bits per heavy atom. The van der Waals surface area contributed by atoms with Gasteiger partial charge in [0.25, 0.3) is 0 Å². The smallest absolute Gasteiger partial charge is 0.0683 e. The van der Waals surface area contributed by atoms with E-state index in [0.29, 0.717) is 0 Å². The van der Waals surface area contributed by atoms with Gasteiger partial charge in [-0.25, -0.2) is 0 Å². The van der Waals surface area contributed by atoms with Gasteiger partial charge in [-0.05, 0) is 0 Å². The minimum Gasteiger partial charge on any atom is -0.0683 e. The summed E-state index contributed by atoms with van der Waals surface area (Å²) in [5.74, 6) is 2.46. The molecular formula is C15H33W-. The molecule has 0 saturated carbocycles. The Balaban J connectivity index is -0.0000000219. The molecule has 0 aliphatic heterocycles. The van der Waals surface area contributed by atoms with Crippen LogP contribution >= 0.6 is 0 Å². The molecule has 0 amide bonds. The zero-order valence-corrected chi connectivity index (χ0v) is 10.2. The summed E-state index contributed by atoms with van der Waals surface area (Å²) < 4.78 is 1.24. The van der Waals surface area contributed by atoms with Crippen molar-refractivity contribution in [1.82, 2.24) is 0 Å². The van der Waals surface area contributed by atoms with Crippen LogP contribution in [0.25, 0.3) is 0 Å². The van der Waals surface area contributed by atoms with Crippen molar-refractivity contribution in [3.8, 4) is 12.3 Å². The molecule has 0 aromatic carbocycles. The van der Waals surface area contributed by atoms with E-state index in [0.717, 1.165) is 5.57 Å². The van der Waals surface area contributed by atoms with E-state index in [-0.39, 0.29) is 37.1 Å². The number of terminal acetylenes is 1. The van der Waals surface area contributed by atoms with Gasteiger partial charge in [-0.2, -0.15) is 0 Å². The van der Waals surface area contributed by atoms with Crippen molar-refractivity contribution in [3.63, 3.8) is 0 Å². The Morgan fingerprint density at radius 3 is 1.50 bits per heavy atom. The van der Waals surface area contributed by atoms with Crippen LogP contribution in [0.15, 0.2) is 17.7 Å². The fourth-order valence-electron chi connectivity index (χ4n) is 0.357. The molecule has 0 heterocycles. The summed E-state index contributed by atoms with van der Waals surface area (Å²) in [5, 5.41) is 0. The Bertz CT molecular complexity index is 192. The molecule has 100 valence electrons. The second-order valence-electron chi connectivity index (χ2n) is 1.52. The monoisotopic (exact) mass is 397 g/mol. The molecule has 0 rings (SSSR count). The van der Waals surface area contributed by atoms with Crippen LogP contribution in [0.5, 0.6) is 0 Å². The van der Waals surface area contributed by atoms with Gasteiger partial charge in [0, 0.05) is 0 Å². The number of hydrogen-bond donors (Lipinski definition) is 0. The van der Waals surface area contributed by atoms with Gasteiger partial charge in [0.05, 0.1) is 0 Å². The van der Waals surface area contributed by atoms with Gasteiger partial charge >= 0.3 is 66.8 Å². The Morgan fingerprint density at radius 2 is 1.44 bits per heavy atom. The van der Waals surface area contributed by atoms with Crippen LogP contribution < -0.4 is 0 Å². The maximum Gasteiger partial charge on any atom is -0.0683 e. The van der Waals surface area contributed by atoms with E-state index >= 15 is 0 Å². The summed E-state index contributed by atoms with van der Waals surface area (Å²) in [7, 11) is 0. The topological polar surface area (TPSA) is 0 Å². The minimum absolute atomic E-state index is 0. The van der Waals surface area contributed by atoms with E-state index in [9.17, 15) is 0 Å². The third-order valence-corrected chi connectivity index (χ3v) is 1.13. The van der Waals surface area contributed by atoms with Crippen LogP contribution in [0.1, 0.15) is 57.9 Å². The van der Waals surface area contributed by atoms with Crippen LogP contribution in [0, 0.1) is 18.9 Å². The average molecular weight is 397 g/mol. The van der Waals surface area contributed by atoms with Gasteiger partial charge in [-0.1, -0.05) is 51.0 Å². The zero-order chi connectivity index (χ0) is 9.28. The summed E-state index contributed by atoms with van der Waals surface area (Å²) in [6.45, 7) is 11.2. The molecule has 0 bridgehead atoms. The first-order valence-corrected chi connectivity index (χ1v) is 4.91. The van der Waals surface area contributed by atoms with Crippen molar-refractivity contribution >= 4 is 3.90 Å². The Labute approximate surface area is 118 Å². The van der Waals surface area contributed by atoms with Crippen LogP contribution in [0.4, 0.5) is 0 Å². The van der Waals surface area contributed by atoms with Crippen molar-refractivity contribution in [3.05, 3.63) is 24.3 Å². The van der Waals surface area contributed by atoms with Gasteiger partial charge in [-0.3, -0.25) is 0 Å². The molecule has 0 saturated heterocycles. The molecule has 0 N–H and O–H groups in total. The van der Waals surface area contributed by atoms with Crippen LogP contribution in [-0.4, -0.2) is 3.90 Å². The first-order chi connectivity index (χ1) is 5.20. The van der Waals surface area contributed by atoms with Crippen molar-refractivity contribution < 1.29 is 19.4 Å². The number of hydrogen-bond acceptors (Lipinski definition) is 0. The summed E-state index contributed by atoms with van der Waals surface area (Å²) in [6, 6.07) is 0. The van der Waals surface area contributed by atoms with E-state index in [2.05, 4.69) is 5.92 Å². The van der Waals surface area contributed by atoms with Gasteiger partial charge in [0.1, 0.15) is 0 Å². The van der Waals surface area contributed by atoms with E-state index in [1.807, 2.05) is 26.8 Å². The molecule has 0 aromatic rings. The molecule has 0 radical (unpaired) electrons. The number of rotatable bonds is 2. The third kappa shape index (κ3) is 37.4. The van der Waals surface area contributed by atoms with Crippen LogP contribution in [-0.2, 0) is 19.4 Å². The molecule has 0 aromatic heterocycles. The molecule has 0 nitrogen and oxygen atoms in total. The third-order valence-electron chi connectivity index (χ3n) is 0.705. The molecule has 0 aliphatic rings. The van der Waals surface area contributed by atoms with Crippen LogP contribution in [0.2, 0.25) is 0 Å². The summed E-state index contributed by atoms with van der Waals surface area (Å²) in [6.07, 6.45) is 8.43. The summed E-state index contributed by atoms with van der Waals surface area (Å²) in [4.78, 5) is 0. The van der Waals surface area contributed by atoms with E-state index in [4.69, 9.17) is 13.0 Å². The molecule has 0 unspecified atom stereocenters. The predicted octanol–water partition coefficient (Wildman–Crippen LogP) is 5.48. The summed E-state index contributed by atoms with van der Waals surface area (Å²) in [5.41, 5.74) is 0.752.